The molecule has 23 heavy (non-hydrogen) atoms. The predicted molar refractivity (Wildman–Crippen MR) is 94.9 cm³/mol. The number of anilines is 1. The van der Waals surface area contributed by atoms with Gasteiger partial charge in [-0.2, -0.15) is 5.26 Å². The average Bonchev–Trinajstić information content (AvgIpc) is 2.56. The van der Waals surface area contributed by atoms with Crippen LogP contribution in [-0.2, 0) is 11.3 Å². The first-order valence-corrected chi connectivity index (χ1v) is 8.04. The summed E-state index contributed by atoms with van der Waals surface area (Å²) in [7, 11) is 1.91. The lowest BCUT2D eigenvalue weighted by atomic mass is 10.1. The monoisotopic (exact) mass is 371 g/mol. The molecule has 1 N–H and O–H groups in total. The summed E-state index contributed by atoms with van der Waals surface area (Å²) in [5.74, 6) is -0.0975. The molecule has 0 aliphatic carbocycles. The van der Waals surface area contributed by atoms with Crippen molar-refractivity contribution in [2.75, 3.05) is 12.4 Å². The van der Waals surface area contributed by atoms with Crippen molar-refractivity contribution in [2.24, 2.45) is 0 Å². The van der Waals surface area contributed by atoms with Gasteiger partial charge in [0, 0.05) is 16.7 Å². The van der Waals surface area contributed by atoms with Crippen LogP contribution in [-0.4, -0.2) is 23.9 Å². The summed E-state index contributed by atoms with van der Waals surface area (Å²) in [4.78, 5) is 14.3. The quantitative estimate of drug-likeness (QED) is 0.869. The Morgan fingerprint density at radius 1 is 1.30 bits per heavy atom. The van der Waals surface area contributed by atoms with Crippen LogP contribution in [0.5, 0.6) is 0 Å². The Labute approximate surface area is 144 Å². The number of nitriles is 1. The van der Waals surface area contributed by atoms with E-state index in [-0.39, 0.29) is 11.9 Å². The highest BCUT2D eigenvalue weighted by molar-refractivity contribution is 9.10. The minimum absolute atomic E-state index is 0.0975. The number of nitrogens with one attached hydrogen (secondary N) is 1. The van der Waals surface area contributed by atoms with Crippen LogP contribution in [0.1, 0.15) is 18.1 Å². The molecule has 2 aromatic rings. The molecule has 1 amide bonds. The van der Waals surface area contributed by atoms with Gasteiger partial charge in [-0.25, -0.2) is 0 Å². The second-order valence-electron chi connectivity index (χ2n) is 5.40. The maximum Gasteiger partial charge on any atom is 0.241 e. The van der Waals surface area contributed by atoms with Crippen LogP contribution >= 0.6 is 15.9 Å². The number of carbonyl (C=O) groups is 1. The van der Waals surface area contributed by atoms with Crippen LogP contribution in [0.4, 0.5) is 5.69 Å². The summed E-state index contributed by atoms with van der Waals surface area (Å²) < 4.78 is 1.03. The molecule has 1 unspecified atom stereocenters. The van der Waals surface area contributed by atoms with E-state index in [1.165, 1.54) is 0 Å². The van der Waals surface area contributed by atoms with Gasteiger partial charge in [-0.15, -0.1) is 0 Å². The molecule has 0 aliphatic rings. The lowest BCUT2D eigenvalue weighted by molar-refractivity contribution is -0.120. The van der Waals surface area contributed by atoms with E-state index in [0.717, 1.165) is 10.0 Å². The normalized spacial score (nSPS) is 11.8. The zero-order valence-corrected chi connectivity index (χ0v) is 14.7. The summed E-state index contributed by atoms with van der Waals surface area (Å²) in [6, 6.07) is 16.7. The second-order valence-corrected chi connectivity index (χ2v) is 6.32. The highest BCUT2D eigenvalue weighted by Gasteiger charge is 2.18. The number of likely N-dealkylation sites (N-methyl/N-ethyl adjacent to an activating group) is 1. The highest BCUT2D eigenvalue weighted by atomic mass is 79.9. The Bertz CT molecular complexity index is 722. The van der Waals surface area contributed by atoms with Crippen LogP contribution in [0.15, 0.2) is 53.0 Å². The van der Waals surface area contributed by atoms with Crippen molar-refractivity contribution in [3.63, 3.8) is 0 Å². The minimum Gasteiger partial charge on any atom is -0.325 e. The number of carbonyl (C=O) groups excluding carboxylic acids is 1. The molecular weight excluding hydrogens is 354 g/mol. The van der Waals surface area contributed by atoms with Crippen molar-refractivity contribution in [2.45, 2.75) is 19.5 Å². The number of benzene rings is 2. The van der Waals surface area contributed by atoms with E-state index in [0.29, 0.717) is 17.8 Å². The number of nitrogens with zero attached hydrogens (tertiary/aromatic N) is 2. The number of rotatable bonds is 5. The van der Waals surface area contributed by atoms with Crippen LogP contribution in [0.2, 0.25) is 0 Å². The Hall–Kier alpha value is -2.16. The molecule has 0 heterocycles. The van der Waals surface area contributed by atoms with Crippen molar-refractivity contribution < 1.29 is 4.79 Å². The predicted octanol–water partition coefficient (Wildman–Crippen LogP) is 3.78. The third-order valence-electron chi connectivity index (χ3n) is 3.65. The molecule has 1 atom stereocenters. The third-order valence-corrected chi connectivity index (χ3v) is 4.17. The molecule has 0 saturated heterocycles. The fourth-order valence-corrected chi connectivity index (χ4v) is 2.39. The van der Waals surface area contributed by atoms with Crippen LogP contribution in [0.25, 0.3) is 0 Å². The van der Waals surface area contributed by atoms with Gasteiger partial charge in [0.1, 0.15) is 0 Å². The number of halogens is 1. The van der Waals surface area contributed by atoms with Crippen LogP contribution in [0, 0.1) is 11.3 Å². The SMILES string of the molecule is CC(C(=O)Nc1cccc(C#N)c1)N(C)Cc1ccc(Br)cc1. The first-order valence-electron chi connectivity index (χ1n) is 7.25. The van der Waals surface area contributed by atoms with Gasteiger partial charge in [0.2, 0.25) is 5.91 Å². The van der Waals surface area contributed by atoms with E-state index < -0.39 is 0 Å². The van der Waals surface area contributed by atoms with Crippen molar-refractivity contribution in [1.82, 2.24) is 4.90 Å². The molecule has 0 aliphatic heterocycles. The molecule has 2 aromatic carbocycles. The van der Waals surface area contributed by atoms with Gasteiger partial charge < -0.3 is 5.32 Å². The van der Waals surface area contributed by atoms with Gasteiger partial charge in [-0.05, 0) is 49.9 Å². The summed E-state index contributed by atoms with van der Waals surface area (Å²) in [6.45, 7) is 2.54. The smallest absolute Gasteiger partial charge is 0.241 e. The van der Waals surface area contributed by atoms with E-state index in [4.69, 9.17) is 5.26 Å². The lowest BCUT2D eigenvalue weighted by Crippen LogP contribution is -2.39. The van der Waals surface area contributed by atoms with Gasteiger partial charge in [-0.3, -0.25) is 9.69 Å². The third kappa shape index (κ3) is 4.92. The van der Waals surface area contributed by atoms with Crippen molar-refractivity contribution in [3.8, 4) is 6.07 Å². The van der Waals surface area contributed by atoms with Gasteiger partial charge in [0.05, 0.1) is 17.7 Å². The van der Waals surface area contributed by atoms with Crippen molar-refractivity contribution in [3.05, 3.63) is 64.1 Å². The molecule has 118 valence electrons. The maximum absolute atomic E-state index is 12.4. The van der Waals surface area contributed by atoms with Crippen molar-refractivity contribution in [1.29, 1.82) is 5.26 Å². The van der Waals surface area contributed by atoms with E-state index in [1.54, 1.807) is 24.3 Å². The second kappa shape index (κ2) is 7.91. The number of amides is 1. The van der Waals surface area contributed by atoms with Gasteiger partial charge >= 0.3 is 0 Å². The Balaban J connectivity index is 1.98. The molecule has 0 radical (unpaired) electrons. The molecule has 0 saturated carbocycles. The van der Waals surface area contributed by atoms with E-state index in [1.807, 2.05) is 43.1 Å². The minimum atomic E-state index is -0.288. The maximum atomic E-state index is 12.4. The Morgan fingerprint density at radius 3 is 2.65 bits per heavy atom. The van der Waals surface area contributed by atoms with Crippen molar-refractivity contribution >= 4 is 27.5 Å². The molecule has 0 spiro atoms. The Morgan fingerprint density at radius 2 is 2.00 bits per heavy atom. The molecule has 0 bridgehead atoms. The van der Waals surface area contributed by atoms with E-state index in [2.05, 4.69) is 27.3 Å². The molecule has 2 rings (SSSR count). The average molecular weight is 372 g/mol. The topological polar surface area (TPSA) is 56.1 Å². The Kier molecular flexibility index (Phi) is 5.91. The first-order chi connectivity index (χ1) is 11.0. The standard InChI is InChI=1S/C18H18BrN3O/c1-13(22(2)12-14-6-8-16(19)9-7-14)18(23)21-17-5-3-4-15(10-17)11-20/h3-10,13H,12H2,1-2H3,(H,21,23). The van der Waals surface area contributed by atoms with E-state index in [9.17, 15) is 4.79 Å². The summed E-state index contributed by atoms with van der Waals surface area (Å²) in [5.41, 5.74) is 2.30. The molecule has 0 fully saturated rings. The zero-order valence-electron chi connectivity index (χ0n) is 13.1. The molecule has 0 aromatic heterocycles. The van der Waals surface area contributed by atoms with Gasteiger partial charge in [-0.1, -0.05) is 34.1 Å². The fourth-order valence-electron chi connectivity index (χ4n) is 2.13. The lowest BCUT2D eigenvalue weighted by Gasteiger charge is -2.24. The van der Waals surface area contributed by atoms with Crippen LogP contribution in [0.3, 0.4) is 0 Å². The molecule has 5 heteroatoms. The number of hydrogen-bond acceptors (Lipinski definition) is 3. The largest absolute Gasteiger partial charge is 0.325 e. The van der Waals surface area contributed by atoms with Crippen LogP contribution < -0.4 is 5.32 Å². The molecular formula is C18H18BrN3O. The van der Waals surface area contributed by atoms with E-state index >= 15 is 0 Å². The molecule has 4 nitrogen and oxygen atoms in total. The zero-order chi connectivity index (χ0) is 16.8. The summed E-state index contributed by atoms with van der Waals surface area (Å²) in [5, 5.41) is 11.8. The summed E-state index contributed by atoms with van der Waals surface area (Å²) in [6.07, 6.45) is 0. The number of hydrogen-bond donors (Lipinski definition) is 1. The summed E-state index contributed by atoms with van der Waals surface area (Å²) >= 11 is 3.41. The highest BCUT2D eigenvalue weighted by Crippen LogP contribution is 2.14. The van der Waals surface area contributed by atoms with Gasteiger partial charge in [0.25, 0.3) is 0 Å². The fraction of sp³-hybridized carbons (Fsp3) is 0.222. The van der Waals surface area contributed by atoms with Gasteiger partial charge in [0.15, 0.2) is 0 Å². The first kappa shape index (κ1) is 17.2.